The summed E-state index contributed by atoms with van der Waals surface area (Å²) in [5.41, 5.74) is 1.18. The molecule has 0 radical (unpaired) electrons. The maximum atomic E-state index is 10.9. The van der Waals surface area contributed by atoms with E-state index in [1.54, 1.807) is 19.4 Å². The lowest BCUT2D eigenvalue weighted by molar-refractivity contribution is -0.120. The smallest absolute Gasteiger partial charge is 0.221 e. The molecule has 1 heterocycles. The van der Waals surface area contributed by atoms with Gasteiger partial charge in [0.15, 0.2) is 0 Å². The average Bonchev–Trinajstić information content (AvgIpc) is 2.25. The number of carbonyl (C=O) groups excluding carboxylic acids is 1. The average molecular weight is 193 g/mol. The van der Waals surface area contributed by atoms with Gasteiger partial charge in [0, 0.05) is 39.0 Å². The van der Waals surface area contributed by atoms with Gasteiger partial charge in [-0.15, -0.1) is 0 Å². The minimum atomic E-state index is 0.0622. The monoisotopic (exact) mass is 193 g/mol. The van der Waals surface area contributed by atoms with Gasteiger partial charge in [-0.2, -0.15) is 0 Å². The van der Waals surface area contributed by atoms with Crippen LogP contribution in [0.1, 0.15) is 12.0 Å². The molecular formula is C10H15N3O. The van der Waals surface area contributed by atoms with Gasteiger partial charge in [0.1, 0.15) is 0 Å². The molecule has 76 valence electrons. The minimum Gasteiger partial charge on any atom is -0.359 e. The Balaban J connectivity index is 2.13. The molecule has 0 aromatic carbocycles. The molecule has 0 fully saturated rings. The molecule has 1 aromatic heterocycles. The molecule has 0 aliphatic heterocycles. The van der Waals surface area contributed by atoms with E-state index in [2.05, 4.69) is 15.6 Å². The lowest BCUT2D eigenvalue weighted by atomic mass is 10.2. The molecule has 2 N–H and O–H groups in total. The summed E-state index contributed by atoms with van der Waals surface area (Å²) in [6.07, 6.45) is 4.03. The second-order valence-electron chi connectivity index (χ2n) is 2.96. The Morgan fingerprint density at radius 3 is 2.79 bits per heavy atom. The fraction of sp³-hybridized carbons (Fsp3) is 0.400. The van der Waals surface area contributed by atoms with Crippen molar-refractivity contribution in [3.05, 3.63) is 30.1 Å². The second-order valence-corrected chi connectivity index (χ2v) is 2.96. The van der Waals surface area contributed by atoms with E-state index in [4.69, 9.17) is 0 Å². The van der Waals surface area contributed by atoms with E-state index >= 15 is 0 Å². The Bertz CT molecular complexity index is 274. The van der Waals surface area contributed by atoms with E-state index < -0.39 is 0 Å². The highest BCUT2D eigenvalue weighted by molar-refractivity contribution is 5.75. The third-order valence-electron chi connectivity index (χ3n) is 1.89. The topological polar surface area (TPSA) is 54.0 Å². The van der Waals surface area contributed by atoms with Gasteiger partial charge in [0.05, 0.1) is 0 Å². The fourth-order valence-electron chi connectivity index (χ4n) is 1.06. The summed E-state index contributed by atoms with van der Waals surface area (Å²) in [5, 5.41) is 5.75. The van der Waals surface area contributed by atoms with Crippen LogP contribution in [-0.2, 0) is 11.3 Å². The van der Waals surface area contributed by atoms with E-state index in [0.29, 0.717) is 13.0 Å². The van der Waals surface area contributed by atoms with Gasteiger partial charge in [-0.25, -0.2) is 0 Å². The Labute approximate surface area is 83.7 Å². The highest BCUT2D eigenvalue weighted by Crippen LogP contribution is 1.94. The normalized spacial score (nSPS) is 9.79. The van der Waals surface area contributed by atoms with Crippen LogP contribution in [0.25, 0.3) is 0 Å². The fourth-order valence-corrected chi connectivity index (χ4v) is 1.06. The van der Waals surface area contributed by atoms with Crippen LogP contribution in [0, 0.1) is 0 Å². The summed E-state index contributed by atoms with van der Waals surface area (Å²) >= 11 is 0. The van der Waals surface area contributed by atoms with Gasteiger partial charge in [-0.05, 0) is 17.7 Å². The van der Waals surface area contributed by atoms with Crippen molar-refractivity contribution in [3.8, 4) is 0 Å². The van der Waals surface area contributed by atoms with E-state index in [0.717, 1.165) is 6.54 Å². The Kier molecular flexibility index (Phi) is 4.64. The Morgan fingerprint density at radius 2 is 2.14 bits per heavy atom. The molecule has 0 unspecified atom stereocenters. The summed E-state index contributed by atoms with van der Waals surface area (Å²) < 4.78 is 0. The molecule has 0 spiro atoms. The van der Waals surface area contributed by atoms with Crippen LogP contribution in [0.5, 0.6) is 0 Å². The summed E-state index contributed by atoms with van der Waals surface area (Å²) in [7, 11) is 1.64. The number of nitrogens with one attached hydrogen (secondary N) is 2. The predicted molar refractivity (Wildman–Crippen MR) is 54.6 cm³/mol. The molecule has 0 aliphatic rings. The third kappa shape index (κ3) is 4.00. The van der Waals surface area contributed by atoms with Crippen LogP contribution in [0.3, 0.4) is 0 Å². The summed E-state index contributed by atoms with van der Waals surface area (Å²) in [6, 6.07) is 3.90. The van der Waals surface area contributed by atoms with Crippen molar-refractivity contribution in [2.24, 2.45) is 0 Å². The van der Waals surface area contributed by atoms with Crippen LogP contribution in [0.2, 0.25) is 0 Å². The van der Waals surface area contributed by atoms with Crippen molar-refractivity contribution in [2.45, 2.75) is 13.0 Å². The number of hydrogen-bond donors (Lipinski definition) is 2. The van der Waals surface area contributed by atoms with Crippen molar-refractivity contribution in [1.29, 1.82) is 0 Å². The number of amides is 1. The van der Waals surface area contributed by atoms with Gasteiger partial charge in [-0.1, -0.05) is 0 Å². The van der Waals surface area contributed by atoms with Crippen molar-refractivity contribution in [3.63, 3.8) is 0 Å². The van der Waals surface area contributed by atoms with Gasteiger partial charge in [0.25, 0.3) is 0 Å². The molecule has 0 bridgehead atoms. The number of aromatic nitrogens is 1. The maximum absolute atomic E-state index is 10.9. The lowest BCUT2D eigenvalue weighted by Crippen LogP contribution is -2.24. The Morgan fingerprint density at radius 1 is 1.43 bits per heavy atom. The standard InChI is InChI=1S/C10H15N3O/c1-11-10(14)4-7-13-8-9-2-5-12-6-3-9/h2-3,5-6,13H,4,7-8H2,1H3,(H,11,14). The minimum absolute atomic E-state index is 0.0622. The van der Waals surface area contributed by atoms with Crippen molar-refractivity contribution in [1.82, 2.24) is 15.6 Å². The summed E-state index contributed by atoms with van der Waals surface area (Å²) in [4.78, 5) is 14.8. The van der Waals surface area contributed by atoms with E-state index in [1.807, 2.05) is 12.1 Å². The zero-order valence-corrected chi connectivity index (χ0v) is 8.29. The van der Waals surface area contributed by atoms with Gasteiger partial charge in [0.2, 0.25) is 5.91 Å². The quantitative estimate of drug-likeness (QED) is 0.662. The van der Waals surface area contributed by atoms with Crippen LogP contribution in [0.15, 0.2) is 24.5 Å². The molecule has 0 aliphatic carbocycles. The Hall–Kier alpha value is -1.42. The zero-order chi connectivity index (χ0) is 10.2. The van der Waals surface area contributed by atoms with Crippen LogP contribution < -0.4 is 10.6 Å². The largest absolute Gasteiger partial charge is 0.359 e. The first-order chi connectivity index (χ1) is 6.83. The molecule has 1 aromatic rings. The number of hydrogen-bond acceptors (Lipinski definition) is 3. The second kappa shape index (κ2) is 6.10. The van der Waals surface area contributed by atoms with Crippen LogP contribution in [-0.4, -0.2) is 24.5 Å². The highest BCUT2D eigenvalue weighted by Gasteiger charge is 1.96. The van der Waals surface area contributed by atoms with E-state index in [9.17, 15) is 4.79 Å². The molecular weight excluding hydrogens is 178 g/mol. The highest BCUT2D eigenvalue weighted by atomic mass is 16.1. The van der Waals surface area contributed by atoms with Crippen molar-refractivity contribution in [2.75, 3.05) is 13.6 Å². The molecule has 0 saturated heterocycles. The van der Waals surface area contributed by atoms with E-state index in [-0.39, 0.29) is 5.91 Å². The molecule has 1 amide bonds. The number of pyridine rings is 1. The van der Waals surface area contributed by atoms with Gasteiger partial charge in [-0.3, -0.25) is 9.78 Å². The van der Waals surface area contributed by atoms with Crippen molar-refractivity contribution >= 4 is 5.91 Å². The molecule has 4 heteroatoms. The first-order valence-electron chi connectivity index (χ1n) is 4.63. The maximum Gasteiger partial charge on any atom is 0.221 e. The zero-order valence-electron chi connectivity index (χ0n) is 8.29. The molecule has 0 saturated carbocycles. The molecule has 14 heavy (non-hydrogen) atoms. The number of carbonyl (C=O) groups is 1. The summed E-state index contributed by atoms with van der Waals surface area (Å²) in [5.74, 6) is 0.0622. The third-order valence-corrected chi connectivity index (χ3v) is 1.89. The first kappa shape index (κ1) is 10.7. The molecule has 0 atom stereocenters. The van der Waals surface area contributed by atoms with Crippen molar-refractivity contribution < 1.29 is 4.79 Å². The van der Waals surface area contributed by atoms with Gasteiger partial charge < -0.3 is 10.6 Å². The first-order valence-corrected chi connectivity index (χ1v) is 4.63. The van der Waals surface area contributed by atoms with E-state index in [1.165, 1.54) is 5.56 Å². The van der Waals surface area contributed by atoms with Gasteiger partial charge >= 0.3 is 0 Å². The molecule has 4 nitrogen and oxygen atoms in total. The lowest BCUT2D eigenvalue weighted by Gasteiger charge is -2.03. The SMILES string of the molecule is CNC(=O)CCNCc1ccncc1. The summed E-state index contributed by atoms with van der Waals surface area (Å²) in [6.45, 7) is 1.47. The number of rotatable bonds is 5. The van der Waals surface area contributed by atoms with Crippen LogP contribution >= 0.6 is 0 Å². The predicted octanol–water partition coefficient (Wildman–Crippen LogP) is 0.307. The molecule has 1 rings (SSSR count). The van der Waals surface area contributed by atoms with Crippen LogP contribution in [0.4, 0.5) is 0 Å². The number of nitrogens with zero attached hydrogens (tertiary/aromatic N) is 1.